The lowest BCUT2D eigenvalue weighted by Crippen LogP contribution is -2.23. The summed E-state index contributed by atoms with van der Waals surface area (Å²) in [6.07, 6.45) is -4.67. The predicted molar refractivity (Wildman–Crippen MR) is 94.0 cm³/mol. The highest BCUT2D eigenvalue weighted by atomic mass is 19.4. The molecule has 2 amide bonds. The molecule has 0 radical (unpaired) electrons. The van der Waals surface area contributed by atoms with Crippen molar-refractivity contribution in [2.45, 2.75) is 13.1 Å². The summed E-state index contributed by atoms with van der Waals surface area (Å²) >= 11 is 0. The van der Waals surface area contributed by atoms with Gasteiger partial charge in [-0.3, -0.25) is 9.59 Å². The van der Waals surface area contributed by atoms with Crippen molar-refractivity contribution in [3.63, 3.8) is 0 Å². The van der Waals surface area contributed by atoms with E-state index in [-0.39, 0.29) is 11.4 Å². The molecule has 2 rings (SSSR count). The van der Waals surface area contributed by atoms with E-state index in [0.29, 0.717) is 11.3 Å². The van der Waals surface area contributed by atoms with Crippen molar-refractivity contribution >= 4 is 28.9 Å². The summed E-state index contributed by atoms with van der Waals surface area (Å²) in [6.45, 7) is 0.768. The zero-order valence-corrected chi connectivity index (χ0v) is 14.1. The molecule has 6 nitrogen and oxygen atoms in total. The quantitative estimate of drug-likeness (QED) is 0.743. The lowest BCUT2D eigenvalue weighted by atomic mass is 10.1. The molecule has 0 saturated heterocycles. The minimum atomic E-state index is -4.67. The van der Waals surface area contributed by atoms with E-state index in [1.54, 1.807) is 18.2 Å². The van der Waals surface area contributed by atoms with Crippen molar-refractivity contribution in [3.8, 4) is 6.07 Å². The van der Waals surface area contributed by atoms with Gasteiger partial charge in [0.2, 0.25) is 11.8 Å². The van der Waals surface area contributed by atoms with Gasteiger partial charge in [-0.25, -0.2) is 0 Å². The number of hydrogen-bond acceptors (Lipinski definition) is 4. The first-order chi connectivity index (χ1) is 12.7. The molecule has 0 heterocycles. The number of nitriles is 1. The monoisotopic (exact) mass is 376 g/mol. The SMILES string of the molecule is CC(=O)Nc1ccc(NCC(=O)Nc2cccc(C#N)c2)c(C(F)(F)F)c1. The number of amides is 2. The number of nitrogens with zero attached hydrogens (tertiary/aromatic N) is 1. The van der Waals surface area contributed by atoms with Gasteiger partial charge in [0.1, 0.15) is 0 Å². The van der Waals surface area contributed by atoms with Crippen LogP contribution in [0.3, 0.4) is 0 Å². The number of carbonyl (C=O) groups is 2. The number of nitrogens with one attached hydrogen (secondary N) is 3. The zero-order valence-electron chi connectivity index (χ0n) is 14.1. The van der Waals surface area contributed by atoms with Crippen LogP contribution < -0.4 is 16.0 Å². The van der Waals surface area contributed by atoms with Gasteiger partial charge >= 0.3 is 6.18 Å². The number of carbonyl (C=O) groups excluding carboxylic acids is 2. The second-order valence-electron chi connectivity index (χ2n) is 5.53. The molecular formula is C18H15F3N4O2. The van der Waals surface area contributed by atoms with Gasteiger partial charge in [-0.2, -0.15) is 18.4 Å². The molecule has 2 aromatic carbocycles. The number of halogens is 3. The summed E-state index contributed by atoms with van der Waals surface area (Å²) in [5.41, 5.74) is -0.602. The molecule has 0 atom stereocenters. The molecule has 3 N–H and O–H groups in total. The fraction of sp³-hybridized carbons (Fsp3) is 0.167. The van der Waals surface area contributed by atoms with E-state index in [0.717, 1.165) is 12.1 Å². The number of anilines is 3. The first-order valence-electron chi connectivity index (χ1n) is 7.72. The van der Waals surface area contributed by atoms with Crippen molar-refractivity contribution in [1.82, 2.24) is 0 Å². The third kappa shape index (κ3) is 5.74. The van der Waals surface area contributed by atoms with E-state index in [1.807, 2.05) is 6.07 Å². The van der Waals surface area contributed by atoms with Crippen LogP contribution in [0, 0.1) is 11.3 Å². The van der Waals surface area contributed by atoms with E-state index in [1.165, 1.54) is 19.1 Å². The lowest BCUT2D eigenvalue weighted by molar-refractivity contribution is -0.137. The van der Waals surface area contributed by atoms with Crippen LogP contribution in [0.2, 0.25) is 0 Å². The molecule has 0 bridgehead atoms. The van der Waals surface area contributed by atoms with Gasteiger partial charge in [0, 0.05) is 24.0 Å². The first kappa shape index (κ1) is 19.8. The van der Waals surface area contributed by atoms with E-state index >= 15 is 0 Å². The Kier molecular flexibility index (Phi) is 6.03. The normalized spacial score (nSPS) is 10.6. The number of rotatable bonds is 5. The fourth-order valence-corrected chi connectivity index (χ4v) is 2.26. The second kappa shape index (κ2) is 8.23. The maximum Gasteiger partial charge on any atom is 0.418 e. The molecule has 140 valence electrons. The summed E-state index contributed by atoms with van der Waals surface area (Å²) in [5.74, 6) is -1.08. The molecule has 0 fully saturated rings. The van der Waals surface area contributed by atoms with Gasteiger partial charge in [0.05, 0.1) is 23.7 Å². The number of alkyl halides is 3. The molecule has 2 aromatic rings. The van der Waals surface area contributed by atoms with Crippen molar-refractivity contribution in [2.24, 2.45) is 0 Å². The highest BCUT2D eigenvalue weighted by Crippen LogP contribution is 2.36. The Bertz CT molecular complexity index is 904. The van der Waals surface area contributed by atoms with Crippen LogP contribution in [0.25, 0.3) is 0 Å². The van der Waals surface area contributed by atoms with Crippen LogP contribution in [0.5, 0.6) is 0 Å². The summed E-state index contributed by atoms with van der Waals surface area (Å²) in [5, 5.41) is 16.0. The van der Waals surface area contributed by atoms with Crippen LogP contribution >= 0.6 is 0 Å². The average molecular weight is 376 g/mol. The lowest BCUT2D eigenvalue weighted by Gasteiger charge is -2.16. The topological polar surface area (TPSA) is 94.0 Å². The Labute approximate surface area is 153 Å². The van der Waals surface area contributed by atoms with Crippen LogP contribution in [0.4, 0.5) is 30.2 Å². The summed E-state index contributed by atoms with van der Waals surface area (Å²) < 4.78 is 39.7. The molecule has 0 aliphatic heterocycles. The molecule has 0 saturated carbocycles. The summed E-state index contributed by atoms with van der Waals surface area (Å²) in [7, 11) is 0. The van der Waals surface area contributed by atoms with Crippen molar-refractivity contribution in [2.75, 3.05) is 22.5 Å². The minimum absolute atomic E-state index is 0.00172. The van der Waals surface area contributed by atoms with Gasteiger partial charge in [0.25, 0.3) is 0 Å². The van der Waals surface area contributed by atoms with Crippen molar-refractivity contribution in [1.29, 1.82) is 5.26 Å². The molecule has 27 heavy (non-hydrogen) atoms. The van der Waals surface area contributed by atoms with Crippen LogP contribution in [-0.2, 0) is 15.8 Å². The number of hydrogen-bond donors (Lipinski definition) is 3. The van der Waals surface area contributed by atoms with E-state index in [9.17, 15) is 22.8 Å². The minimum Gasteiger partial charge on any atom is -0.376 e. The van der Waals surface area contributed by atoms with Gasteiger partial charge in [0.15, 0.2) is 0 Å². The van der Waals surface area contributed by atoms with Gasteiger partial charge in [-0.05, 0) is 36.4 Å². The second-order valence-corrected chi connectivity index (χ2v) is 5.53. The summed E-state index contributed by atoms with van der Waals surface area (Å²) in [6, 6.07) is 11.3. The molecule has 0 aliphatic carbocycles. The Morgan fingerprint density at radius 1 is 1.07 bits per heavy atom. The van der Waals surface area contributed by atoms with E-state index in [4.69, 9.17) is 5.26 Å². The standard InChI is InChI=1S/C18H15F3N4O2/c1-11(26)24-14-5-6-16(15(8-14)18(19,20)21)23-10-17(27)25-13-4-2-3-12(7-13)9-22/h2-8,23H,10H2,1H3,(H,24,26)(H,25,27). The van der Waals surface area contributed by atoms with E-state index in [2.05, 4.69) is 16.0 Å². The van der Waals surface area contributed by atoms with Gasteiger partial charge in [-0.15, -0.1) is 0 Å². The highest BCUT2D eigenvalue weighted by Gasteiger charge is 2.34. The smallest absolute Gasteiger partial charge is 0.376 e. The van der Waals surface area contributed by atoms with Crippen molar-refractivity contribution in [3.05, 3.63) is 53.6 Å². The Morgan fingerprint density at radius 3 is 2.41 bits per heavy atom. The van der Waals surface area contributed by atoms with Crippen LogP contribution in [-0.4, -0.2) is 18.4 Å². The third-order valence-electron chi connectivity index (χ3n) is 3.36. The third-order valence-corrected chi connectivity index (χ3v) is 3.36. The molecule has 0 unspecified atom stereocenters. The molecule has 9 heteroatoms. The van der Waals surface area contributed by atoms with Gasteiger partial charge in [-0.1, -0.05) is 6.07 Å². The Hall–Kier alpha value is -3.54. The van der Waals surface area contributed by atoms with Crippen LogP contribution in [0.1, 0.15) is 18.1 Å². The average Bonchev–Trinajstić information content (AvgIpc) is 2.59. The Morgan fingerprint density at radius 2 is 1.78 bits per heavy atom. The maximum atomic E-state index is 13.2. The highest BCUT2D eigenvalue weighted by molar-refractivity contribution is 5.94. The molecule has 0 aromatic heterocycles. The van der Waals surface area contributed by atoms with E-state index < -0.39 is 30.1 Å². The largest absolute Gasteiger partial charge is 0.418 e. The molecular weight excluding hydrogens is 361 g/mol. The maximum absolute atomic E-state index is 13.2. The first-order valence-corrected chi connectivity index (χ1v) is 7.72. The predicted octanol–water partition coefficient (Wildman–Crippen LogP) is 3.59. The number of benzene rings is 2. The van der Waals surface area contributed by atoms with Crippen LogP contribution in [0.15, 0.2) is 42.5 Å². The fourth-order valence-electron chi connectivity index (χ4n) is 2.26. The summed E-state index contributed by atoms with van der Waals surface area (Å²) in [4.78, 5) is 23.0. The molecule has 0 spiro atoms. The molecule has 0 aliphatic rings. The van der Waals surface area contributed by atoms with Crippen molar-refractivity contribution < 1.29 is 22.8 Å². The van der Waals surface area contributed by atoms with Gasteiger partial charge < -0.3 is 16.0 Å². The Balaban J connectivity index is 2.10. The zero-order chi connectivity index (χ0) is 20.0.